The Balaban J connectivity index is 3.08. The summed E-state index contributed by atoms with van der Waals surface area (Å²) in [6, 6.07) is 0. The zero-order valence-corrected chi connectivity index (χ0v) is 8.02. The maximum Gasteiger partial charge on any atom is 0.408 e. The van der Waals surface area contributed by atoms with Crippen LogP contribution in [0.15, 0.2) is 12.7 Å². The van der Waals surface area contributed by atoms with Gasteiger partial charge in [-0.15, -0.1) is 6.58 Å². The normalized spacial score (nSPS) is 30.2. The largest absolute Gasteiger partial charge is 0.479 e. The minimum atomic E-state index is -1.69. The predicted octanol–water partition coefficient (Wildman–Crippen LogP) is 1.11. The summed E-state index contributed by atoms with van der Waals surface area (Å²) in [5.74, 6) is -1.33. The Labute approximate surface area is 85.8 Å². The molecule has 15 heavy (non-hydrogen) atoms. The van der Waals surface area contributed by atoms with Crippen LogP contribution in [0.4, 0.5) is 9.18 Å². The van der Waals surface area contributed by atoms with E-state index in [1.165, 1.54) is 6.08 Å². The monoisotopic (exact) mass is 217 g/mol. The highest BCUT2D eigenvalue weighted by molar-refractivity contribution is 5.85. The lowest BCUT2D eigenvalue weighted by Crippen LogP contribution is -2.52. The third kappa shape index (κ3) is 1.79. The standard InChI is InChI=1S/C9H12FNO4/c1-2-3-9(7(12)13)4-6(10)5-11(9)8(14)15/h2,6H,1,3-5H2,(H,12,13)(H,14,15)/t6-,9+/m0/s1. The second kappa shape index (κ2) is 3.88. The van der Waals surface area contributed by atoms with Gasteiger partial charge in [-0.3, -0.25) is 4.90 Å². The van der Waals surface area contributed by atoms with Crippen LogP contribution in [0.25, 0.3) is 0 Å². The molecule has 1 fully saturated rings. The van der Waals surface area contributed by atoms with E-state index in [0.29, 0.717) is 4.90 Å². The van der Waals surface area contributed by atoms with Gasteiger partial charge in [0.05, 0.1) is 6.54 Å². The Morgan fingerprint density at radius 1 is 1.60 bits per heavy atom. The molecule has 1 saturated heterocycles. The Kier molecular flexibility index (Phi) is 2.97. The molecular weight excluding hydrogens is 205 g/mol. The molecule has 0 aromatic carbocycles. The second-order valence-electron chi connectivity index (χ2n) is 3.52. The maximum absolute atomic E-state index is 13.1. The van der Waals surface area contributed by atoms with Crippen LogP contribution < -0.4 is 0 Å². The first kappa shape index (κ1) is 11.5. The van der Waals surface area contributed by atoms with E-state index in [1.54, 1.807) is 0 Å². The molecule has 1 heterocycles. The SMILES string of the molecule is C=CC[C@]1(C(=O)O)C[C@H](F)CN1C(=O)O. The molecular formula is C9H12FNO4. The lowest BCUT2D eigenvalue weighted by atomic mass is 9.92. The van der Waals surface area contributed by atoms with Gasteiger partial charge in [-0.1, -0.05) is 6.08 Å². The van der Waals surface area contributed by atoms with Gasteiger partial charge in [0.2, 0.25) is 0 Å². The Bertz CT molecular complexity index is 306. The van der Waals surface area contributed by atoms with E-state index in [-0.39, 0.29) is 12.8 Å². The lowest BCUT2D eigenvalue weighted by molar-refractivity contribution is -0.148. The summed E-state index contributed by atoms with van der Waals surface area (Å²) in [6.45, 7) is 2.97. The number of carboxylic acids is 1. The molecule has 1 rings (SSSR count). The van der Waals surface area contributed by atoms with E-state index in [4.69, 9.17) is 10.2 Å². The highest BCUT2D eigenvalue weighted by Gasteiger charge is 2.53. The van der Waals surface area contributed by atoms with Gasteiger partial charge in [-0.2, -0.15) is 0 Å². The van der Waals surface area contributed by atoms with E-state index < -0.39 is 30.3 Å². The van der Waals surface area contributed by atoms with Crippen LogP contribution >= 0.6 is 0 Å². The second-order valence-corrected chi connectivity index (χ2v) is 3.52. The third-order valence-corrected chi connectivity index (χ3v) is 2.57. The van der Waals surface area contributed by atoms with Crippen LogP contribution in [-0.2, 0) is 4.79 Å². The van der Waals surface area contributed by atoms with Gasteiger partial charge in [0.1, 0.15) is 11.7 Å². The Morgan fingerprint density at radius 2 is 2.20 bits per heavy atom. The Morgan fingerprint density at radius 3 is 2.60 bits per heavy atom. The van der Waals surface area contributed by atoms with Gasteiger partial charge >= 0.3 is 12.1 Å². The summed E-state index contributed by atoms with van der Waals surface area (Å²) in [4.78, 5) is 22.5. The molecule has 0 bridgehead atoms. The van der Waals surface area contributed by atoms with Crippen LogP contribution in [0, 0.1) is 0 Å². The number of hydrogen-bond donors (Lipinski definition) is 2. The fourth-order valence-electron chi connectivity index (χ4n) is 1.90. The van der Waals surface area contributed by atoms with Crippen molar-refractivity contribution < 1.29 is 24.2 Å². The number of aliphatic carboxylic acids is 1. The summed E-state index contributed by atoms with van der Waals surface area (Å²) >= 11 is 0. The van der Waals surface area contributed by atoms with Gasteiger partial charge in [-0.25, -0.2) is 14.0 Å². The quantitative estimate of drug-likeness (QED) is 0.694. The highest BCUT2D eigenvalue weighted by atomic mass is 19.1. The number of carbonyl (C=O) groups is 2. The first-order valence-electron chi connectivity index (χ1n) is 4.43. The molecule has 5 nitrogen and oxygen atoms in total. The molecule has 0 spiro atoms. The van der Waals surface area contributed by atoms with Crippen LogP contribution in [0.2, 0.25) is 0 Å². The van der Waals surface area contributed by atoms with Crippen molar-refractivity contribution in [2.75, 3.05) is 6.54 Å². The number of rotatable bonds is 3. The highest BCUT2D eigenvalue weighted by Crippen LogP contribution is 2.34. The summed E-state index contributed by atoms with van der Waals surface area (Å²) in [6.07, 6.45) is -1.96. The number of likely N-dealkylation sites (tertiary alicyclic amines) is 1. The number of amides is 1. The van der Waals surface area contributed by atoms with Crippen molar-refractivity contribution in [3.05, 3.63) is 12.7 Å². The van der Waals surface area contributed by atoms with Gasteiger partial charge in [0.25, 0.3) is 0 Å². The smallest absolute Gasteiger partial charge is 0.408 e. The minimum Gasteiger partial charge on any atom is -0.479 e. The van der Waals surface area contributed by atoms with Crippen molar-refractivity contribution in [1.29, 1.82) is 0 Å². The van der Waals surface area contributed by atoms with E-state index in [2.05, 4.69) is 6.58 Å². The fourth-order valence-corrected chi connectivity index (χ4v) is 1.90. The summed E-state index contributed by atoms with van der Waals surface area (Å²) in [5, 5.41) is 17.8. The molecule has 0 aromatic heterocycles. The van der Waals surface area contributed by atoms with Crippen molar-refractivity contribution in [2.45, 2.75) is 24.6 Å². The number of alkyl halides is 1. The molecule has 0 aliphatic carbocycles. The molecule has 1 aliphatic rings. The predicted molar refractivity (Wildman–Crippen MR) is 49.4 cm³/mol. The zero-order valence-electron chi connectivity index (χ0n) is 8.02. The van der Waals surface area contributed by atoms with Crippen molar-refractivity contribution in [1.82, 2.24) is 4.90 Å². The molecule has 0 saturated carbocycles. The zero-order chi connectivity index (χ0) is 11.6. The van der Waals surface area contributed by atoms with Crippen LogP contribution in [-0.4, -0.2) is 45.4 Å². The number of hydrogen-bond acceptors (Lipinski definition) is 2. The van der Waals surface area contributed by atoms with Gasteiger partial charge in [-0.05, 0) is 6.42 Å². The van der Waals surface area contributed by atoms with E-state index in [1.807, 2.05) is 0 Å². The van der Waals surface area contributed by atoms with Gasteiger partial charge < -0.3 is 10.2 Å². The van der Waals surface area contributed by atoms with Crippen molar-refractivity contribution in [3.63, 3.8) is 0 Å². The first-order chi connectivity index (χ1) is 6.94. The molecule has 0 radical (unpaired) electrons. The molecule has 6 heteroatoms. The van der Waals surface area contributed by atoms with E-state index >= 15 is 0 Å². The molecule has 2 atom stereocenters. The third-order valence-electron chi connectivity index (χ3n) is 2.57. The molecule has 0 aromatic rings. The van der Waals surface area contributed by atoms with E-state index in [9.17, 15) is 14.0 Å². The van der Waals surface area contributed by atoms with E-state index in [0.717, 1.165) is 0 Å². The van der Waals surface area contributed by atoms with Crippen molar-refractivity contribution in [3.8, 4) is 0 Å². The minimum absolute atomic E-state index is 0.0882. The topological polar surface area (TPSA) is 77.8 Å². The molecule has 84 valence electrons. The maximum atomic E-state index is 13.1. The number of nitrogens with zero attached hydrogens (tertiary/aromatic N) is 1. The first-order valence-corrected chi connectivity index (χ1v) is 4.43. The van der Waals surface area contributed by atoms with Crippen molar-refractivity contribution in [2.24, 2.45) is 0 Å². The average Bonchev–Trinajstić information content (AvgIpc) is 2.44. The molecule has 0 unspecified atom stereocenters. The average molecular weight is 217 g/mol. The van der Waals surface area contributed by atoms with Crippen LogP contribution in [0.1, 0.15) is 12.8 Å². The van der Waals surface area contributed by atoms with Gasteiger partial charge in [0, 0.05) is 6.42 Å². The summed E-state index contributed by atoms with van der Waals surface area (Å²) in [5.41, 5.74) is -1.69. The number of halogens is 1. The Hall–Kier alpha value is -1.59. The molecule has 2 N–H and O–H groups in total. The summed E-state index contributed by atoms with van der Waals surface area (Å²) in [7, 11) is 0. The lowest BCUT2D eigenvalue weighted by Gasteiger charge is -2.31. The molecule has 1 aliphatic heterocycles. The summed E-state index contributed by atoms with van der Waals surface area (Å²) < 4.78 is 13.1. The number of carboxylic acid groups (broad SMARTS) is 2. The van der Waals surface area contributed by atoms with Gasteiger partial charge in [0.15, 0.2) is 0 Å². The fraction of sp³-hybridized carbons (Fsp3) is 0.556. The van der Waals surface area contributed by atoms with Crippen molar-refractivity contribution >= 4 is 12.1 Å². The van der Waals surface area contributed by atoms with Crippen LogP contribution in [0.3, 0.4) is 0 Å². The molecule has 1 amide bonds. The van der Waals surface area contributed by atoms with Crippen LogP contribution in [0.5, 0.6) is 0 Å².